The average molecular weight is 113 g/mol. The third-order valence-electron chi connectivity index (χ3n) is 0.493. The summed E-state index contributed by atoms with van der Waals surface area (Å²) < 4.78 is 33.6. The fourth-order valence-electron chi connectivity index (χ4n) is 0.0851. The topological polar surface area (TPSA) is 26.0 Å². The molecule has 0 aliphatic heterocycles. The molecule has 0 rings (SSSR count). The smallest absolute Gasteiger partial charge is 0.182 e. The highest BCUT2D eigenvalue weighted by Crippen LogP contribution is 1.96. The van der Waals surface area contributed by atoms with Crippen molar-refractivity contribution in [2.45, 2.75) is 12.5 Å². The molecule has 0 aliphatic carbocycles. The molecule has 4 heteroatoms. The summed E-state index contributed by atoms with van der Waals surface area (Å²) in [6.07, 6.45) is -4.33. The van der Waals surface area contributed by atoms with E-state index in [1.807, 2.05) is 0 Å². The summed E-state index contributed by atoms with van der Waals surface area (Å²) in [6.45, 7) is -1.35. The van der Waals surface area contributed by atoms with Crippen LogP contribution in [0.1, 0.15) is 0 Å². The molecule has 2 atom stereocenters. The van der Waals surface area contributed by atoms with Crippen molar-refractivity contribution in [1.82, 2.24) is 0 Å². The van der Waals surface area contributed by atoms with Gasteiger partial charge in [0, 0.05) is 0 Å². The van der Waals surface area contributed by atoms with E-state index >= 15 is 0 Å². The maximum atomic E-state index is 11.4. The second-order valence-electron chi connectivity index (χ2n) is 1.11. The summed E-state index contributed by atoms with van der Waals surface area (Å²) in [5.74, 6) is 0. The summed E-state index contributed by atoms with van der Waals surface area (Å²) >= 11 is 0. The molecular weight excluding hydrogens is 107 g/mol. The lowest BCUT2D eigenvalue weighted by Crippen LogP contribution is -2.27. The van der Waals surface area contributed by atoms with Crippen molar-refractivity contribution in [1.29, 1.82) is 0 Å². The van der Waals surface area contributed by atoms with Crippen LogP contribution in [0.3, 0.4) is 0 Å². The molecule has 0 bridgehead atoms. The van der Waals surface area contributed by atoms with Gasteiger partial charge in [-0.3, -0.25) is 5.73 Å². The highest BCUT2D eigenvalue weighted by molar-refractivity contribution is 4.57. The van der Waals surface area contributed by atoms with Crippen LogP contribution in [-0.2, 0) is 0 Å². The number of hydrogen-bond donors (Lipinski definition) is 1. The zero-order chi connectivity index (χ0) is 5.86. The molecule has 0 saturated carbocycles. The molecule has 0 radical (unpaired) electrons. The molecule has 0 fully saturated rings. The summed E-state index contributed by atoms with van der Waals surface area (Å²) in [5.41, 5.74) is 4.26. The quantitative estimate of drug-likeness (QED) is 0.520. The van der Waals surface area contributed by atoms with Gasteiger partial charge in [0.2, 0.25) is 0 Å². The number of nitrogens with two attached hydrogens (primary N) is 1. The molecule has 0 heterocycles. The zero-order valence-corrected chi connectivity index (χ0v) is 3.57. The van der Waals surface area contributed by atoms with Crippen LogP contribution in [0, 0.1) is 0 Å². The van der Waals surface area contributed by atoms with Gasteiger partial charge >= 0.3 is 0 Å². The van der Waals surface area contributed by atoms with E-state index in [1.165, 1.54) is 0 Å². The molecule has 1 nitrogen and oxygen atoms in total. The highest BCUT2D eigenvalue weighted by Gasteiger charge is 2.13. The van der Waals surface area contributed by atoms with Gasteiger partial charge in [-0.2, -0.15) is 0 Å². The van der Waals surface area contributed by atoms with Crippen molar-refractivity contribution in [2.75, 3.05) is 6.67 Å². The van der Waals surface area contributed by atoms with Crippen LogP contribution >= 0.6 is 0 Å². The molecule has 0 aliphatic rings. The SMILES string of the molecule is N[C@@H](F)C(F)CF. The Morgan fingerprint density at radius 3 is 1.86 bits per heavy atom. The van der Waals surface area contributed by atoms with Gasteiger partial charge in [0.25, 0.3) is 0 Å². The van der Waals surface area contributed by atoms with Crippen LogP contribution in [0.25, 0.3) is 0 Å². The van der Waals surface area contributed by atoms with Crippen molar-refractivity contribution in [2.24, 2.45) is 5.73 Å². The van der Waals surface area contributed by atoms with Crippen molar-refractivity contribution in [3.8, 4) is 0 Å². The van der Waals surface area contributed by atoms with E-state index in [9.17, 15) is 13.2 Å². The molecule has 44 valence electrons. The minimum absolute atomic E-state index is 1.35. The van der Waals surface area contributed by atoms with Crippen LogP contribution in [0.2, 0.25) is 0 Å². The molecular formula is C3H6F3N. The lowest BCUT2D eigenvalue weighted by Gasteiger charge is -2.00. The normalized spacial score (nSPS) is 18.9. The van der Waals surface area contributed by atoms with Crippen molar-refractivity contribution in [3.05, 3.63) is 0 Å². The van der Waals surface area contributed by atoms with Crippen LogP contribution < -0.4 is 5.73 Å². The first-order chi connectivity index (χ1) is 3.18. The average Bonchev–Trinajstić information content (AvgIpc) is 1.65. The lowest BCUT2D eigenvalue weighted by atomic mass is 10.4. The van der Waals surface area contributed by atoms with Gasteiger partial charge in [0.1, 0.15) is 6.67 Å². The highest BCUT2D eigenvalue weighted by atomic mass is 19.2. The first kappa shape index (κ1) is 6.75. The maximum Gasteiger partial charge on any atom is 0.182 e. The van der Waals surface area contributed by atoms with Gasteiger partial charge in [-0.05, 0) is 0 Å². The van der Waals surface area contributed by atoms with E-state index in [4.69, 9.17) is 0 Å². The Morgan fingerprint density at radius 1 is 1.43 bits per heavy atom. The third-order valence-corrected chi connectivity index (χ3v) is 0.493. The zero-order valence-electron chi connectivity index (χ0n) is 3.57. The minimum Gasteiger partial charge on any atom is -0.299 e. The Morgan fingerprint density at radius 2 is 1.86 bits per heavy atom. The summed E-state index contributed by atoms with van der Waals surface area (Å²) in [5, 5.41) is 0. The Hall–Kier alpha value is -0.250. The van der Waals surface area contributed by atoms with Crippen LogP contribution in [0.15, 0.2) is 0 Å². The largest absolute Gasteiger partial charge is 0.299 e. The van der Waals surface area contributed by atoms with E-state index in [1.54, 1.807) is 0 Å². The minimum atomic E-state index is -2.18. The molecule has 0 amide bonds. The van der Waals surface area contributed by atoms with Gasteiger partial charge in [0.05, 0.1) is 0 Å². The molecule has 2 N–H and O–H groups in total. The third kappa shape index (κ3) is 2.45. The molecule has 0 aromatic carbocycles. The van der Waals surface area contributed by atoms with E-state index in [0.717, 1.165) is 0 Å². The summed E-state index contributed by atoms with van der Waals surface area (Å²) in [4.78, 5) is 0. The molecule has 0 aromatic rings. The number of halogens is 3. The maximum absolute atomic E-state index is 11.4. The van der Waals surface area contributed by atoms with Gasteiger partial charge in [-0.25, -0.2) is 13.2 Å². The van der Waals surface area contributed by atoms with Gasteiger partial charge in [0.15, 0.2) is 12.5 Å². The first-order valence-corrected chi connectivity index (χ1v) is 1.78. The van der Waals surface area contributed by atoms with E-state index in [0.29, 0.717) is 0 Å². The van der Waals surface area contributed by atoms with Gasteiger partial charge < -0.3 is 0 Å². The number of rotatable bonds is 2. The fraction of sp³-hybridized carbons (Fsp3) is 1.00. The molecule has 1 unspecified atom stereocenters. The van der Waals surface area contributed by atoms with Crippen LogP contribution in [0.4, 0.5) is 13.2 Å². The van der Waals surface area contributed by atoms with E-state index in [-0.39, 0.29) is 0 Å². The Kier molecular flexibility index (Phi) is 2.75. The van der Waals surface area contributed by atoms with Gasteiger partial charge in [-0.1, -0.05) is 0 Å². The summed E-state index contributed by atoms with van der Waals surface area (Å²) in [6, 6.07) is 0. The Bertz CT molecular complexity index is 47.4. The van der Waals surface area contributed by atoms with Crippen molar-refractivity contribution < 1.29 is 13.2 Å². The second-order valence-corrected chi connectivity index (χ2v) is 1.11. The molecule has 0 saturated heterocycles. The number of alkyl halides is 3. The Balaban J connectivity index is 3.14. The monoisotopic (exact) mass is 113 g/mol. The molecule has 0 spiro atoms. The van der Waals surface area contributed by atoms with E-state index in [2.05, 4.69) is 5.73 Å². The van der Waals surface area contributed by atoms with Crippen LogP contribution in [0.5, 0.6) is 0 Å². The van der Waals surface area contributed by atoms with Crippen molar-refractivity contribution >= 4 is 0 Å². The predicted octanol–water partition coefficient (Wildman–Crippen LogP) is 0.548. The van der Waals surface area contributed by atoms with E-state index < -0.39 is 19.1 Å². The van der Waals surface area contributed by atoms with Gasteiger partial charge in [-0.15, -0.1) is 0 Å². The molecule has 0 aromatic heterocycles. The second kappa shape index (κ2) is 2.85. The summed E-state index contributed by atoms with van der Waals surface area (Å²) in [7, 11) is 0. The fourth-order valence-corrected chi connectivity index (χ4v) is 0.0851. The lowest BCUT2D eigenvalue weighted by molar-refractivity contribution is 0.142. The van der Waals surface area contributed by atoms with Crippen LogP contribution in [-0.4, -0.2) is 19.1 Å². The van der Waals surface area contributed by atoms with Crippen molar-refractivity contribution in [3.63, 3.8) is 0 Å². The molecule has 7 heavy (non-hydrogen) atoms. The standard InChI is InChI=1S/C3H6F3N/c4-1-2(5)3(6)7/h2-3H,1,7H2/t2?,3-/m1/s1. The number of hydrogen-bond acceptors (Lipinski definition) is 1. The first-order valence-electron chi connectivity index (χ1n) is 1.78. The predicted molar refractivity (Wildman–Crippen MR) is 20.0 cm³/mol. The Labute approximate surface area is 39.3 Å².